The Morgan fingerprint density at radius 2 is 1.89 bits per heavy atom. The molecule has 1 amide bonds. The zero-order chi connectivity index (χ0) is 14.6. The molecule has 0 spiro atoms. The second kappa shape index (κ2) is 6.56. The van der Waals surface area contributed by atoms with Gasteiger partial charge in [0.15, 0.2) is 0 Å². The molecular weight excluding hydrogens is 314 g/mol. The summed E-state index contributed by atoms with van der Waals surface area (Å²) in [7, 11) is 1.53. The molecule has 2 atom stereocenters. The van der Waals surface area contributed by atoms with E-state index in [-0.39, 0.29) is 5.91 Å². The second-order valence-corrected chi connectivity index (χ2v) is 5.20. The highest BCUT2D eigenvalue weighted by molar-refractivity contribution is 9.10. The van der Waals surface area contributed by atoms with E-state index in [0.717, 1.165) is 4.47 Å². The molecule has 0 aliphatic carbocycles. The maximum absolute atomic E-state index is 11.9. The standard InChI is InChI=1S/C13H16BrNO4/c1-7(8(2)13(17)18)12(16)15-10-4-9(14)5-11(6-10)19-3/h4-8H,1-3H3,(H,15,16)(H,17,18). The number of carbonyl (C=O) groups excluding carboxylic acids is 1. The molecular formula is C13H16BrNO4. The summed E-state index contributed by atoms with van der Waals surface area (Å²) in [6, 6.07) is 5.15. The van der Waals surface area contributed by atoms with Gasteiger partial charge in [0.25, 0.3) is 0 Å². The molecule has 1 aromatic carbocycles. The molecule has 6 heteroatoms. The average molecular weight is 330 g/mol. The maximum atomic E-state index is 11.9. The van der Waals surface area contributed by atoms with Crippen LogP contribution in [0.4, 0.5) is 5.69 Å². The Hall–Kier alpha value is -1.56. The third kappa shape index (κ3) is 4.24. The lowest BCUT2D eigenvalue weighted by Gasteiger charge is -2.16. The Balaban J connectivity index is 2.82. The fraction of sp³-hybridized carbons (Fsp3) is 0.385. The number of carbonyl (C=O) groups is 2. The van der Waals surface area contributed by atoms with Crippen LogP contribution in [0.2, 0.25) is 0 Å². The van der Waals surface area contributed by atoms with E-state index < -0.39 is 17.8 Å². The van der Waals surface area contributed by atoms with Gasteiger partial charge in [0.2, 0.25) is 5.91 Å². The number of rotatable bonds is 5. The van der Waals surface area contributed by atoms with Gasteiger partial charge in [-0.2, -0.15) is 0 Å². The van der Waals surface area contributed by atoms with E-state index in [4.69, 9.17) is 9.84 Å². The first-order valence-corrected chi connectivity index (χ1v) is 6.52. The van der Waals surface area contributed by atoms with Crippen molar-refractivity contribution >= 4 is 33.5 Å². The van der Waals surface area contributed by atoms with Crippen molar-refractivity contribution in [2.45, 2.75) is 13.8 Å². The minimum Gasteiger partial charge on any atom is -0.497 e. The number of anilines is 1. The summed E-state index contributed by atoms with van der Waals surface area (Å²) in [6.07, 6.45) is 0. The highest BCUT2D eigenvalue weighted by Gasteiger charge is 2.25. The molecule has 0 aliphatic rings. The SMILES string of the molecule is COc1cc(Br)cc(NC(=O)C(C)C(C)C(=O)O)c1. The van der Waals surface area contributed by atoms with E-state index in [0.29, 0.717) is 11.4 Å². The summed E-state index contributed by atoms with van der Waals surface area (Å²) < 4.78 is 5.85. The Morgan fingerprint density at radius 1 is 1.26 bits per heavy atom. The maximum Gasteiger partial charge on any atom is 0.307 e. The van der Waals surface area contributed by atoms with Crippen molar-refractivity contribution in [3.05, 3.63) is 22.7 Å². The Bertz CT molecular complexity index is 490. The molecule has 0 fully saturated rings. The lowest BCUT2D eigenvalue weighted by atomic mass is 9.95. The molecule has 0 aliphatic heterocycles. The van der Waals surface area contributed by atoms with Gasteiger partial charge in [0.05, 0.1) is 13.0 Å². The molecule has 1 aromatic rings. The number of halogens is 1. The fourth-order valence-corrected chi connectivity index (χ4v) is 1.92. The van der Waals surface area contributed by atoms with Crippen molar-refractivity contribution in [2.75, 3.05) is 12.4 Å². The Kier molecular flexibility index (Phi) is 5.35. The number of hydrogen-bond acceptors (Lipinski definition) is 3. The van der Waals surface area contributed by atoms with Gasteiger partial charge < -0.3 is 15.2 Å². The number of hydrogen-bond donors (Lipinski definition) is 2. The number of carboxylic acid groups (broad SMARTS) is 1. The summed E-state index contributed by atoms with van der Waals surface area (Å²) in [5, 5.41) is 11.6. The van der Waals surface area contributed by atoms with Crippen LogP contribution in [0.15, 0.2) is 22.7 Å². The predicted molar refractivity (Wildman–Crippen MR) is 75.3 cm³/mol. The molecule has 5 nitrogen and oxygen atoms in total. The molecule has 0 saturated carbocycles. The number of amides is 1. The molecule has 0 heterocycles. The topological polar surface area (TPSA) is 75.6 Å². The van der Waals surface area contributed by atoms with Crippen molar-refractivity contribution in [3.63, 3.8) is 0 Å². The van der Waals surface area contributed by atoms with Crippen LogP contribution >= 0.6 is 15.9 Å². The van der Waals surface area contributed by atoms with Crippen LogP contribution < -0.4 is 10.1 Å². The normalized spacial score (nSPS) is 13.5. The van der Waals surface area contributed by atoms with E-state index in [2.05, 4.69) is 21.2 Å². The molecule has 1 rings (SSSR count). The van der Waals surface area contributed by atoms with Crippen molar-refractivity contribution in [1.29, 1.82) is 0 Å². The van der Waals surface area contributed by atoms with Gasteiger partial charge in [-0.15, -0.1) is 0 Å². The summed E-state index contributed by atoms with van der Waals surface area (Å²) in [4.78, 5) is 22.8. The third-order valence-corrected chi connectivity index (χ3v) is 3.39. The zero-order valence-corrected chi connectivity index (χ0v) is 12.5. The molecule has 2 N–H and O–H groups in total. The van der Waals surface area contributed by atoms with Crippen LogP contribution in [-0.2, 0) is 9.59 Å². The fourth-order valence-electron chi connectivity index (χ4n) is 1.45. The number of ether oxygens (including phenoxy) is 1. The van der Waals surface area contributed by atoms with E-state index >= 15 is 0 Å². The van der Waals surface area contributed by atoms with Crippen LogP contribution in [-0.4, -0.2) is 24.1 Å². The van der Waals surface area contributed by atoms with Gasteiger partial charge in [-0.05, 0) is 12.1 Å². The summed E-state index contributed by atoms with van der Waals surface area (Å²) in [5.41, 5.74) is 0.556. The molecule has 2 unspecified atom stereocenters. The van der Waals surface area contributed by atoms with Gasteiger partial charge in [-0.1, -0.05) is 29.8 Å². The van der Waals surface area contributed by atoms with Gasteiger partial charge in [0.1, 0.15) is 5.75 Å². The lowest BCUT2D eigenvalue weighted by Crippen LogP contribution is -2.29. The highest BCUT2D eigenvalue weighted by Crippen LogP contribution is 2.25. The van der Waals surface area contributed by atoms with Crippen LogP contribution in [0.1, 0.15) is 13.8 Å². The number of aliphatic carboxylic acids is 1. The number of benzene rings is 1. The molecule has 0 aromatic heterocycles. The second-order valence-electron chi connectivity index (χ2n) is 4.28. The first-order chi connectivity index (χ1) is 8.85. The summed E-state index contributed by atoms with van der Waals surface area (Å²) >= 11 is 3.31. The van der Waals surface area contributed by atoms with Gasteiger partial charge in [-0.3, -0.25) is 9.59 Å². The predicted octanol–water partition coefficient (Wildman–Crippen LogP) is 2.75. The Morgan fingerprint density at radius 3 is 2.42 bits per heavy atom. The molecule has 0 saturated heterocycles. The number of carboxylic acids is 1. The van der Waals surface area contributed by atoms with Gasteiger partial charge in [0, 0.05) is 22.1 Å². The van der Waals surface area contributed by atoms with Crippen LogP contribution in [0.3, 0.4) is 0 Å². The monoisotopic (exact) mass is 329 g/mol. The number of nitrogens with one attached hydrogen (secondary N) is 1. The minimum atomic E-state index is -0.991. The highest BCUT2D eigenvalue weighted by atomic mass is 79.9. The van der Waals surface area contributed by atoms with E-state index in [1.807, 2.05) is 0 Å². The molecule has 19 heavy (non-hydrogen) atoms. The molecule has 0 radical (unpaired) electrons. The first kappa shape index (κ1) is 15.5. The van der Waals surface area contributed by atoms with Gasteiger partial charge >= 0.3 is 5.97 Å². The van der Waals surface area contributed by atoms with Crippen molar-refractivity contribution < 1.29 is 19.4 Å². The number of methoxy groups -OCH3 is 1. The molecule has 104 valence electrons. The lowest BCUT2D eigenvalue weighted by molar-refractivity contribution is -0.145. The summed E-state index contributed by atoms with van der Waals surface area (Å²) in [5.74, 6) is -2.09. The minimum absolute atomic E-state index is 0.338. The zero-order valence-electron chi connectivity index (χ0n) is 10.9. The first-order valence-electron chi connectivity index (χ1n) is 5.73. The molecule has 0 bridgehead atoms. The quantitative estimate of drug-likeness (QED) is 0.870. The summed E-state index contributed by atoms with van der Waals surface area (Å²) in [6.45, 7) is 3.09. The van der Waals surface area contributed by atoms with Crippen LogP contribution in [0.25, 0.3) is 0 Å². The van der Waals surface area contributed by atoms with Gasteiger partial charge in [-0.25, -0.2) is 0 Å². The van der Waals surface area contributed by atoms with Crippen LogP contribution in [0.5, 0.6) is 5.75 Å². The van der Waals surface area contributed by atoms with E-state index in [9.17, 15) is 9.59 Å². The van der Waals surface area contributed by atoms with E-state index in [1.165, 1.54) is 14.0 Å². The van der Waals surface area contributed by atoms with E-state index in [1.54, 1.807) is 25.1 Å². The van der Waals surface area contributed by atoms with Crippen molar-refractivity contribution in [1.82, 2.24) is 0 Å². The Labute approximate surface area is 120 Å². The van der Waals surface area contributed by atoms with Crippen LogP contribution in [0, 0.1) is 11.8 Å². The largest absolute Gasteiger partial charge is 0.497 e. The average Bonchev–Trinajstić information content (AvgIpc) is 2.35. The third-order valence-electron chi connectivity index (χ3n) is 2.93. The smallest absolute Gasteiger partial charge is 0.307 e. The van der Waals surface area contributed by atoms with Crippen molar-refractivity contribution in [3.8, 4) is 5.75 Å². The van der Waals surface area contributed by atoms with Crippen molar-refractivity contribution in [2.24, 2.45) is 11.8 Å².